The number of azide groups is 2. The third kappa shape index (κ3) is 18.1. The SMILES string of the molecule is CC(C)(C)OC(=O)N1CCC(N2CCC(=O)CC2)CC1.CC(C)(C)OC(=O)N1CCC(N2CCC(N[C@H]3CCCC[C@@H]3CN=[N+]=[N-])CC2)CC1.[N-]=[N+]=NC[C@H]1CCCC[C@@H]1N. The number of ether oxygens (including phenoxy) is 2. The van der Waals surface area contributed by atoms with Crippen molar-refractivity contribution in [1.82, 2.24) is 24.9 Å². The quantitative estimate of drug-likeness (QED) is 0.136. The molecule has 0 radical (unpaired) electrons. The van der Waals surface area contributed by atoms with Crippen molar-refractivity contribution in [2.45, 2.75) is 186 Å². The van der Waals surface area contributed by atoms with Gasteiger partial charge in [-0.25, -0.2) is 9.59 Å². The fourth-order valence-corrected chi connectivity index (χ4v) is 9.74. The average Bonchev–Trinajstić information content (AvgIpc) is 3.23. The van der Waals surface area contributed by atoms with Gasteiger partial charge < -0.3 is 35.2 Å². The van der Waals surface area contributed by atoms with E-state index in [9.17, 15) is 14.4 Å². The number of nitrogens with zero attached hydrogens (tertiary/aromatic N) is 10. The van der Waals surface area contributed by atoms with Crippen molar-refractivity contribution in [1.29, 1.82) is 0 Å². The lowest BCUT2D eigenvalue weighted by Crippen LogP contribution is -2.53. The van der Waals surface area contributed by atoms with Crippen LogP contribution in [-0.4, -0.2) is 144 Å². The highest BCUT2D eigenvalue weighted by atomic mass is 16.6. The first kappa shape index (κ1) is 50.3. The fourth-order valence-electron chi connectivity index (χ4n) is 9.74. The van der Waals surface area contributed by atoms with Crippen molar-refractivity contribution in [3.8, 4) is 0 Å². The van der Waals surface area contributed by atoms with E-state index in [2.05, 4.69) is 35.2 Å². The van der Waals surface area contributed by atoms with Gasteiger partial charge >= 0.3 is 12.2 Å². The molecule has 6 aliphatic rings. The van der Waals surface area contributed by atoms with E-state index in [1.807, 2.05) is 46.4 Å². The van der Waals surface area contributed by atoms with Crippen LogP contribution >= 0.6 is 0 Å². The summed E-state index contributed by atoms with van der Waals surface area (Å²) in [4.78, 5) is 49.9. The van der Waals surface area contributed by atoms with E-state index in [0.717, 1.165) is 90.9 Å². The molecule has 2 aliphatic carbocycles. The second kappa shape index (κ2) is 25.1. The Morgan fingerprint density at radius 1 is 0.639 bits per heavy atom. The summed E-state index contributed by atoms with van der Waals surface area (Å²) in [6.45, 7) is 19.8. The molecule has 0 aromatic heterocycles. The summed E-state index contributed by atoms with van der Waals surface area (Å²) in [6, 6.07) is 2.42. The highest BCUT2D eigenvalue weighted by Gasteiger charge is 2.34. The van der Waals surface area contributed by atoms with Gasteiger partial charge in [0.15, 0.2) is 0 Å². The fraction of sp³-hybridized carbons (Fsp3) is 0.932. The van der Waals surface area contributed by atoms with Gasteiger partial charge in [-0.2, -0.15) is 0 Å². The molecule has 4 aliphatic heterocycles. The maximum absolute atomic E-state index is 12.3. The first-order valence-electron chi connectivity index (χ1n) is 23.5. The molecule has 3 N–H and O–H groups in total. The molecule has 0 aromatic rings. The molecule has 6 rings (SSSR count). The Morgan fingerprint density at radius 2 is 1.07 bits per heavy atom. The molecule has 0 unspecified atom stereocenters. The minimum Gasteiger partial charge on any atom is -0.444 e. The number of carbonyl (C=O) groups is 3. The number of hydrogen-bond donors (Lipinski definition) is 2. The Balaban J connectivity index is 0.000000226. The van der Waals surface area contributed by atoms with Gasteiger partial charge in [-0.05, 0) is 142 Å². The molecule has 6 fully saturated rings. The number of hydrogen-bond acceptors (Lipinski definition) is 11. The van der Waals surface area contributed by atoms with Crippen LogP contribution in [0.4, 0.5) is 9.59 Å². The van der Waals surface area contributed by atoms with Gasteiger partial charge in [-0.1, -0.05) is 35.9 Å². The topological polar surface area (TPSA) is 218 Å². The molecule has 17 heteroatoms. The standard InChI is InChI=1S/C22H40N6O2.C15H26N2O3.C7H14N4/c1-22(2,3)30-21(29)28-14-10-19(11-15-28)27-12-8-18(9-13-27)25-20-7-5-4-6-17(20)16-24-26-23;1-15(2,3)20-14(19)17-8-4-12(5-9-17)16-10-6-13(18)7-11-16;8-7-4-2-1-3-6(7)5-10-11-9/h17-20,25H,4-16H2,1-3H3;12H,4-11H2,1-3H3;6-7H,1-5,8H2/t17-,20+;;6-,7+/m1.1/s1. The van der Waals surface area contributed by atoms with Crippen molar-refractivity contribution < 1.29 is 23.9 Å². The second-order valence-corrected chi connectivity index (χ2v) is 20.1. The molecule has 17 nitrogen and oxygen atoms in total. The van der Waals surface area contributed by atoms with Crippen LogP contribution in [0.1, 0.15) is 144 Å². The van der Waals surface area contributed by atoms with E-state index in [-0.39, 0.29) is 18.2 Å². The Hall–Kier alpha value is -3.33. The number of nitrogens with two attached hydrogens (primary N) is 1. The highest BCUT2D eigenvalue weighted by Crippen LogP contribution is 2.28. The Morgan fingerprint density at radius 3 is 1.52 bits per heavy atom. The monoisotopic (exact) mass is 857 g/mol. The van der Waals surface area contributed by atoms with Crippen LogP contribution in [0.15, 0.2) is 10.2 Å². The number of carbonyl (C=O) groups excluding carboxylic acids is 3. The van der Waals surface area contributed by atoms with Gasteiger partial charge in [0, 0.05) is 105 Å². The minimum atomic E-state index is -0.429. The molecule has 2 amide bonds. The number of likely N-dealkylation sites (tertiary alicyclic amines) is 4. The molecular weight excluding hydrogens is 777 g/mol. The maximum Gasteiger partial charge on any atom is 0.410 e. The summed E-state index contributed by atoms with van der Waals surface area (Å²) in [5.74, 6) is 1.30. The molecule has 2 saturated carbocycles. The lowest BCUT2D eigenvalue weighted by Gasteiger charge is -2.43. The van der Waals surface area contributed by atoms with Gasteiger partial charge in [-0.15, -0.1) is 0 Å². The maximum atomic E-state index is 12.3. The summed E-state index contributed by atoms with van der Waals surface area (Å²) in [5.41, 5.74) is 21.7. The number of nitrogens with one attached hydrogen (secondary N) is 1. The minimum absolute atomic E-state index is 0.174. The van der Waals surface area contributed by atoms with Crippen LogP contribution in [0, 0.1) is 11.8 Å². The van der Waals surface area contributed by atoms with Crippen molar-refractivity contribution in [3.63, 3.8) is 0 Å². The van der Waals surface area contributed by atoms with Crippen LogP contribution in [-0.2, 0) is 14.3 Å². The zero-order chi connectivity index (χ0) is 44.4. The first-order chi connectivity index (χ1) is 29.0. The average molecular weight is 857 g/mol. The first-order valence-corrected chi connectivity index (χ1v) is 23.5. The van der Waals surface area contributed by atoms with Crippen LogP contribution in [0.3, 0.4) is 0 Å². The van der Waals surface area contributed by atoms with Gasteiger partial charge in [0.25, 0.3) is 0 Å². The molecule has 4 atom stereocenters. The van der Waals surface area contributed by atoms with E-state index in [0.29, 0.717) is 67.7 Å². The van der Waals surface area contributed by atoms with E-state index in [1.54, 1.807) is 4.90 Å². The molecule has 0 aromatic carbocycles. The third-order valence-corrected chi connectivity index (χ3v) is 13.2. The zero-order valence-electron chi connectivity index (χ0n) is 38.5. The third-order valence-electron chi connectivity index (χ3n) is 13.2. The van der Waals surface area contributed by atoms with Gasteiger partial charge in [0.05, 0.1) is 0 Å². The number of Topliss-reactive ketones (excluding diaryl/α,β-unsaturated/α-hetero) is 1. The van der Waals surface area contributed by atoms with Crippen molar-refractivity contribution >= 4 is 18.0 Å². The Labute approximate surface area is 365 Å². The van der Waals surface area contributed by atoms with Gasteiger partial charge in [-0.3, -0.25) is 9.69 Å². The van der Waals surface area contributed by atoms with Crippen molar-refractivity contribution in [2.24, 2.45) is 27.8 Å². The smallest absolute Gasteiger partial charge is 0.410 e. The lowest BCUT2D eigenvalue weighted by molar-refractivity contribution is -0.122. The number of ketones is 1. The Kier molecular flexibility index (Phi) is 20.7. The number of piperidine rings is 4. The van der Waals surface area contributed by atoms with Crippen LogP contribution < -0.4 is 11.1 Å². The van der Waals surface area contributed by atoms with Crippen molar-refractivity contribution in [3.05, 3.63) is 20.9 Å². The predicted molar refractivity (Wildman–Crippen MR) is 239 cm³/mol. The van der Waals surface area contributed by atoms with Crippen molar-refractivity contribution in [2.75, 3.05) is 65.4 Å². The zero-order valence-corrected chi connectivity index (χ0v) is 38.5. The molecule has 346 valence electrons. The summed E-state index contributed by atoms with van der Waals surface area (Å²) in [7, 11) is 0. The largest absolute Gasteiger partial charge is 0.444 e. The Bertz CT molecular complexity index is 1440. The van der Waals surface area contributed by atoms with E-state index in [1.165, 1.54) is 51.4 Å². The summed E-state index contributed by atoms with van der Waals surface area (Å²) >= 11 is 0. The van der Waals surface area contributed by atoms with E-state index in [4.69, 9.17) is 26.3 Å². The second-order valence-electron chi connectivity index (χ2n) is 20.1. The molecular formula is C44H80N12O5. The molecule has 0 bridgehead atoms. The lowest BCUT2D eigenvalue weighted by atomic mass is 9.83. The number of amides is 2. The number of rotatable bonds is 8. The van der Waals surface area contributed by atoms with Gasteiger partial charge in [0.1, 0.15) is 17.0 Å². The summed E-state index contributed by atoms with van der Waals surface area (Å²) < 4.78 is 10.9. The molecule has 0 spiro atoms. The van der Waals surface area contributed by atoms with Gasteiger partial charge in [0.2, 0.25) is 0 Å². The van der Waals surface area contributed by atoms with Crippen LogP contribution in [0.5, 0.6) is 0 Å². The van der Waals surface area contributed by atoms with Crippen LogP contribution in [0.25, 0.3) is 20.9 Å². The van der Waals surface area contributed by atoms with Crippen LogP contribution in [0.2, 0.25) is 0 Å². The molecule has 4 saturated heterocycles. The summed E-state index contributed by atoms with van der Waals surface area (Å²) in [6.07, 6.45) is 17.0. The molecule has 61 heavy (non-hydrogen) atoms. The highest BCUT2D eigenvalue weighted by molar-refractivity contribution is 5.79. The molecule has 4 heterocycles. The summed E-state index contributed by atoms with van der Waals surface area (Å²) in [5, 5.41) is 11.3. The normalized spacial score (nSPS) is 26.6. The predicted octanol–water partition coefficient (Wildman–Crippen LogP) is 8.17. The van der Waals surface area contributed by atoms with E-state index < -0.39 is 11.2 Å². The van der Waals surface area contributed by atoms with E-state index >= 15 is 0 Å².